The van der Waals surface area contributed by atoms with Gasteiger partial charge in [0.1, 0.15) is 6.61 Å². The van der Waals surface area contributed by atoms with E-state index in [-0.39, 0.29) is 48.4 Å². The van der Waals surface area contributed by atoms with Crippen LogP contribution in [0.4, 0.5) is 17.1 Å². The average Bonchev–Trinajstić information content (AvgIpc) is 2.95. The van der Waals surface area contributed by atoms with E-state index in [0.717, 1.165) is 5.56 Å². The molecule has 156 valence electrons. The predicted octanol–water partition coefficient (Wildman–Crippen LogP) is 4.16. The second-order valence-electron chi connectivity index (χ2n) is 6.99. The van der Waals surface area contributed by atoms with E-state index >= 15 is 0 Å². The molecule has 3 aromatic carbocycles. The maximum Gasteiger partial charge on any atom is 0.310 e. The third-order valence-corrected chi connectivity index (χ3v) is 4.92. The lowest BCUT2D eigenvalue weighted by atomic mass is 10.1. The molecule has 2 amide bonds. The first-order valence-corrected chi connectivity index (χ1v) is 9.69. The predicted molar refractivity (Wildman–Crippen MR) is 115 cm³/mol. The van der Waals surface area contributed by atoms with E-state index in [9.17, 15) is 19.7 Å². The minimum Gasteiger partial charge on any atom is -0.482 e. The highest BCUT2D eigenvalue weighted by Gasteiger charge is 2.26. The van der Waals surface area contributed by atoms with Gasteiger partial charge in [-0.15, -0.1) is 0 Å². The second-order valence-corrected chi connectivity index (χ2v) is 6.99. The molecule has 1 aliphatic rings. The van der Waals surface area contributed by atoms with Crippen LogP contribution in [0.15, 0.2) is 72.8 Å². The number of fused-ring (bicyclic) bond motifs is 1. The maximum atomic E-state index is 13.3. The van der Waals surface area contributed by atoms with E-state index in [1.165, 1.54) is 23.1 Å². The van der Waals surface area contributed by atoms with Crippen molar-refractivity contribution in [2.45, 2.75) is 13.0 Å². The number of nitro benzene ring substituents is 1. The minimum absolute atomic E-state index is 0.0111. The van der Waals surface area contributed by atoms with Crippen LogP contribution >= 0.6 is 0 Å². The molecule has 8 heteroatoms. The first-order valence-electron chi connectivity index (χ1n) is 9.69. The van der Waals surface area contributed by atoms with E-state index in [1.54, 1.807) is 24.3 Å². The van der Waals surface area contributed by atoms with Gasteiger partial charge in [0.2, 0.25) is 5.91 Å². The monoisotopic (exact) mass is 417 g/mol. The number of carbonyl (C=O) groups is 2. The van der Waals surface area contributed by atoms with Gasteiger partial charge >= 0.3 is 5.69 Å². The molecule has 0 saturated heterocycles. The van der Waals surface area contributed by atoms with Crippen LogP contribution in [0.3, 0.4) is 0 Å². The third kappa shape index (κ3) is 4.37. The molecule has 31 heavy (non-hydrogen) atoms. The quantitative estimate of drug-likeness (QED) is 0.496. The van der Waals surface area contributed by atoms with E-state index in [1.807, 2.05) is 30.3 Å². The highest BCUT2D eigenvalue weighted by atomic mass is 16.6. The van der Waals surface area contributed by atoms with Crippen LogP contribution in [0.5, 0.6) is 5.75 Å². The molecule has 0 fully saturated rings. The second kappa shape index (κ2) is 8.66. The summed E-state index contributed by atoms with van der Waals surface area (Å²) in [5, 5.41) is 14.2. The molecule has 0 aliphatic carbocycles. The van der Waals surface area contributed by atoms with Crippen molar-refractivity contribution in [2.75, 3.05) is 16.8 Å². The lowest BCUT2D eigenvalue weighted by molar-refractivity contribution is -0.385. The molecular formula is C23H19N3O5. The van der Waals surface area contributed by atoms with Crippen molar-refractivity contribution < 1.29 is 19.2 Å². The molecule has 8 nitrogen and oxygen atoms in total. The molecule has 1 heterocycles. The van der Waals surface area contributed by atoms with Crippen molar-refractivity contribution in [2.24, 2.45) is 0 Å². The van der Waals surface area contributed by atoms with Gasteiger partial charge in [0, 0.05) is 30.7 Å². The largest absolute Gasteiger partial charge is 0.482 e. The zero-order valence-electron chi connectivity index (χ0n) is 16.5. The summed E-state index contributed by atoms with van der Waals surface area (Å²) in [5.74, 6) is -0.543. The van der Waals surface area contributed by atoms with Crippen LogP contribution in [0, 0.1) is 10.1 Å². The van der Waals surface area contributed by atoms with Crippen LogP contribution in [-0.2, 0) is 11.4 Å². The Kier molecular flexibility index (Phi) is 5.61. The summed E-state index contributed by atoms with van der Waals surface area (Å²) >= 11 is 0. The van der Waals surface area contributed by atoms with Gasteiger partial charge in [-0.2, -0.15) is 0 Å². The summed E-state index contributed by atoms with van der Waals surface area (Å²) in [7, 11) is 0. The molecule has 0 atom stereocenters. The molecule has 4 rings (SSSR count). The van der Waals surface area contributed by atoms with E-state index in [0.29, 0.717) is 11.4 Å². The molecule has 0 bridgehead atoms. The van der Waals surface area contributed by atoms with Crippen molar-refractivity contribution in [3.8, 4) is 5.75 Å². The first kappa shape index (κ1) is 20.1. The lowest BCUT2D eigenvalue weighted by Crippen LogP contribution is -2.31. The van der Waals surface area contributed by atoms with Crippen LogP contribution in [0.2, 0.25) is 0 Å². The number of amides is 2. The fourth-order valence-electron chi connectivity index (χ4n) is 3.38. The number of carbonyl (C=O) groups excluding carboxylic acids is 2. The zero-order chi connectivity index (χ0) is 21.8. The van der Waals surface area contributed by atoms with Gasteiger partial charge in [-0.05, 0) is 23.8 Å². The Hall–Kier alpha value is -4.20. The smallest absolute Gasteiger partial charge is 0.310 e. The lowest BCUT2D eigenvalue weighted by Gasteiger charge is -2.22. The Morgan fingerprint density at radius 2 is 1.81 bits per heavy atom. The zero-order valence-corrected chi connectivity index (χ0v) is 16.5. The fourth-order valence-corrected chi connectivity index (χ4v) is 3.38. The molecule has 1 aliphatic heterocycles. The van der Waals surface area contributed by atoms with Crippen molar-refractivity contribution in [3.63, 3.8) is 0 Å². The highest BCUT2D eigenvalue weighted by Crippen LogP contribution is 2.33. The molecule has 3 aromatic rings. The number of rotatable bonds is 5. The number of anilines is 2. The number of nitrogens with zero attached hydrogens (tertiary/aromatic N) is 2. The van der Waals surface area contributed by atoms with Crippen molar-refractivity contribution in [1.29, 1.82) is 0 Å². The number of nitro groups is 1. The number of benzene rings is 3. The summed E-state index contributed by atoms with van der Waals surface area (Å²) in [4.78, 5) is 37.7. The standard InChI is InChI=1S/C23H19N3O5/c27-22-12-13-25(19-9-5-4-8-18(19)24-22)23(28)17-10-11-20(26(29)30)21(14-17)31-15-16-6-2-1-3-7-16/h1-11,14H,12-13,15H2,(H,24,27). The summed E-state index contributed by atoms with van der Waals surface area (Å²) in [6.45, 7) is 0.323. The van der Waals surface area contributed by atoms with Gasteiger partial charge in [0.05, 0.1) is 16.3 Å². The number of hydrogen-bond donors (Lipinski definition) is 1. The van der Waals surface area contributed by atoms with Crippen molar-refractivity contribution >= 4 is 28.9 Å². The summed E-state index contributed by atoms with van der Waals surface area (Å²) in [6.07, 6.45) is 0.144. The number of para-hydroxylation sites is 2. The maximum absolute atomic E-state index is 13.3. The Balaban J connectivity index is 1.65. The Morgan fingerprint density at radius 3 is 2.58 bits per heavy atom. The van der Waals surface area contributed by atoms with Gasteiger partial charge in [-0.25, -0.2) is 0 Å². The SMILES string of the molecule is O=C1CCN(C(=O)c2ccc([N+](=O)[O-])c(OCc3ccccc3)c2)c2ccccc2N1. The first-order chi connectivity index (χ1) is 15.0. The van der Waals surface area contributed by atoms with Gasteiger partial charge in [-0.1, -0.05) is 42.5 Å². The average molecular weight is 417 g/mol. The third-order valence-electron chi connectivity index (χ3n) is 4.92. The topological polar surface area (TPSA) is 102 Å². The van der Waals surface area contributed by atoms with Crippen molar-refractivity contribution in [1.82, 2.24) is 0 Å². The van der Waals surface area contributed by atoms with Crippen LogP contribution < -0.4 is 15.0 Å². The molecule has 0 saturated carbocycles. The molecule has 1 N–H and O–H groups in total. The molecule has 0 aromatic heterocycles. The normalized spacial score (nSPS) is 13.0. The molecule has 0 unspecified atom stereocenters. The Morgan fingerprint density at radius 1 is 1.06 bits per heavy atom. The van der Waals surface area contributed by atoms with Gasteiger partial charge < -0.3 is 15.0 Å². The highest BCUT2D eigenvalue weighted by molar-refractivity contribution is 6.10. The number of ether oxygens (including phenoxy) is 1. The summed E-state index contributed by atoms with van der Waals surface area (Å²) in [6, 6.07) is 20.3. The summed E-state index contributed by atoms with van der Waals surface area (Å²) < 4.78 is 5.70. The van der Waals surface area contributed by atoms with Crippen LogP contribution in [-0.4, -0.2) is 23.3 Å². The van der Waals surface area contributed by atoms with Crippen LogP contribution in [0.1, 0.15) is 22.3 Å². The Labute approximate surface area is 178 Å². The van der Waals surface area contributed by atoms with E-state index in [4.69, 9.17) is 4.74 Å². The Bertz CT molecular complexity index is 1150. The van der Waals surface area contributed by atoms with Gasteiger partial charge in [0.25, 0.3) is 5.91 Å². The van der Waals surface area contributed by atoms with E-state index < -0.39 is 4.92 Å². The van der Waals surface area contributed by atoms with Gasteiger partial charge in [0.15, 0.2) is 5.75 Å². The number of hydrogen-bond acceptors (Lipinski definition) is 5. The van der Waals surface area contributed by atoms with E-state index in [2.05, 4.69) is 5.32 Å². The van der Waals surface area contributed by atoms with Gasteiger partial charge in [-0.3, -0.25) is 19.7 Å². The van der Waals surface area contributed by atoms with Crippen molar-refractivity contribution in [3.05, 3.63) is 94.0 Å². The minimum atomic E-state index is -0.543. The summed E-state index contributed by atoms with van der Waals surface area (Å²) in [5.41, 5.74) is 1.97. The molecule has 0 radical (unpaired) electrons. The fraction of sp³-hybridized carbons (Fsp3) is 0.130. The molecular weight excluding hydrogens is 398 g/mol. The molecule has 0 spiro atoms. The number of nitrogens with one attached hydrogen (secondary N) is 1. The van der Waals surface area contributed by atoms with Crippen LogP contribution in [0.25, 0.3) is 0 Å².